The van der Waals surface area contributed by atoms with E-state index >= 15 is 0 Å². The zero-order chi connectivity index (χ0) is 17.5. The number of non-ortho nitro benzene ring substituents is 1. The van der Waals surface area contributed by atoms with Crippen molar-refractivity contribution in [2.75, 3.05) is 0 Å². The Labute approximate surface area is 135 Å². The lowest BCUT2D eigenvalue weighted by Crippen LogP contribution is -2.15. The second-order valence-electron chi connectivity index (χ2n) is 5.05. The number of primary sulfonamides is 1. The molecule has 0 aliphatic carbocycles. The molecule has 24 heavy (non-hydrogen) atoms. The summed E-state index contributed by atoms with van der Waals surface area (Å²) in [7, 11) is -3.92. The maximum atomic E-state index is 12.0. The van der Waals surface area contributed by atoms with Gasteiger partial charge in [0, 0.05) is 12.1 Å². The summed E-state index contributed by atoms with van der Waals surface area (Å²) in [6.07, 6.45) is 0. The third-order valence-electron chi connectivity index (χ3n) is 3.46. The Kier molecular flexibility index (Phi) is 3.70. The highest BCUT2D eigenvalue weighted by Crippen LogP contribution is 2.19. The van der Waals surface area contributed by atoms with Crippen LogP contribution in [0.1, 0.15) is 5.56 Å². The molecule has 0 saturated heterocycles. The summed E-state index contributed by atoms with van der Waals surface area (Å²) in [4.78, 5) is 22.0. The molecule has 3 aromatic rings. The highest BCUT2D eigenvalue weighted by Gasteiger charge is 2.15. The Morgan fingerprint density at radius 2 is 1.83 bits per heavy atom. The fourth-order valence-electron chi connectivity index (χ4n) is 2.27. The average molecular weight is 349 g/mol. The van der Waals surface area contributed by atoms with Crippen molar-refractivity contribution >= 4 is 26.8 Å². The van der Waals surface area contributed by atoms with Gasteiger partial charge in [-0.15, -0.1) is 0 Å². The minimum Gasteiger partial charge on any atom is -0.408 e. The quantitative estimate of drug-likeness (QED) is 0.554. The van der Waals surface area contributed by atoms with Gasteiger partial charge < -0.3 is 4.42 Å². The van der Waals surface area contributed by atoms with Gasteiger partial charge in [0.2, 0.25) is 10.0 Å². The zero-order valence-electron chi connectivity index (χ0n) is 12.1. The maximum Gasteiger partial charge on any atom is 0.420 e. The van der Waals surface area contributed by atoms with E-state index in [-0.39, 0.29) is 28.2 Å². The number of hydrogen-bond acceptors (Lipinski definition) is 6. The third kappa shape index (κ3) is 2.92. The number of sulfonamides is 1. The van der Waals surface area contributed by atoms with Crippen molar-refractivity contribution < 1.29 is 17.8 Å². The Bertz CT molecular complexity index is 1100. The average Bonchev–Trinajstić information content (AvgIpc) is 2.82. The molecule has 0 radical (unpaired) electrons. The molecule has 3 rings (SSSR count). The summed E-state index contributed by atoms with van der Waals surface area (Å²) in [6.45, 7) is 0.0674. The van der Waals surface area contributed by atoms with Crippen LogP contribution in [0, 0.1) is 10.1 Å². The Morgan fingerprint density at radius 1 is 1.17 bits per heavy atom. The first-order chi connectivity index (χ1) is 11.3. The summed E-state index contributed by atoms with van der Waals surface area (Å²) in [5.74, 6) is -0.671. The predicted molar refractivity (Wildman–Crippen MR) is 84.0 cm³/mol. The van der Waals surface area contributed by atoms with Crippen LogP contribution in [0.25, 0.3) is 11.1 Å². The molecule has 1 aromatic heterocycles. The van der Waals surface area contributed by atoms with Gasteiger partial charge in [0.1, 0.15) is 0 Å². The van der Waals surface area contributed by atoms with Gasteiger partial charge >= 0.3 is 5.76 Å². The van der Waals surface area contributed by atoms with Gasteiger partial charge in [0.25, 0.3) is 5.69 Å². The van der Waals surface area contributed by atoms with E-state index < -0.39 is 20.7 Å². The standard InChI is InChI=1S/C14H11N3O6S/c15-24(21,22)11-5-6-13-12(7-11)16(14(18)23-13)8-9-1-3-10(4-2-9)17(19)20/h1-7H,8H2,(H2,15,21,22). The predicted octanol–water partition coefficient (Wildman–Crippen LogP) is 1.20. The molecule has 0 spiro atoms. The lowest BCUT2D eigenvalue weighted by atomic mass is 10.2. The lowest BCUT2D eigenvalue weighted by Gasteiger charge is -2.04. The minimum absolute atomic E-state index is 0.0674. The number of hydrogen-bond donors (Lipinski definition) is 1. The van der Waals surface area contributed by atoms with Crippen LogP contribution in [-0.4, -0.2) is 17.9 Å². The van der Waals surface area contributed by atoms with Gasteiger partial charge in [-0.25, -0.2) is 18.4 Å². The molecule has 0 fully saturated rings. The highest BCUT2D eigenvalue weighted by molar-refractivity contribution is 7.89. The Hall–Kier alpha value is -2.98. The number of nitro groups is 1. The van der Waals surface area contributed by atoms with E-state index in [4.69, 9.17) is 9.56 Å². The second kappa shape index (κ2) is 5.58. The van der Waals surface area contributed by atoms with Gasteiger partial charge in [-0.3, -0.25) is 14.7 Å². The lowest BCUT2D eigenvalue weighted by molar-refractivity contribution is -0.384. The molecule has 0 saturated carbocycles. The van der Waals surface area contributed by atoms with E-state index in [1.165, 1.54) is 47.0 Å². The summed E-state index contributed by atoms with van der Waals surface area (Å²) in [5, 5.41) is 15.7. The summed E-state index contributed by atoms with van der Waals surface area (Å²) >= 11 is 0. The number of nitrogens with two attached hydrogens (primary N) is 1. The van der Waals surface area contributed by atoms with Crippen molar-refractivity contribution in [3.8, 4) is 0 Å². The van der Waals surface area contributed by atoms with Crippen LogP contribution in [0.5, 0.6) is 0 Å². The molecule has 10 heteroatoms. The number of aromatic nitrogens is 1. The van der Waals surface area contributed by atoms with Crippen molar-refractivity contribution in [3.05, 3.63) is 68.7 Å². The highest BCUT2D eigenvalue weighted by atomic mass is 32.2. The van der Waals surface area contributed by atoms with Crippen molar-refractivity contribution in [2.24, 2.45) is 5.14 Å². The van der Waals surface area contributed by atoms with Crippen molar-refractivity contribution in [3.63, 3.8) is 0 Å². The number of nitrogens with zero attached hydrogens (tertiary/aromatic N) is 2. The molecule has 2 N–H and O–H groups in total. The number of nitro benzene ring substituents is 1. The molecule has 0 aliphatic rings. The first kappa shape index (κ1) is 15.9. The molecule has 2 aromatic carbocycles. The smallest absolute Gasteiger partial charge is 0.408 e. The fourth-order valence-corrected chi connectivity index (χ4v) is 2.81. The molecule has 0 unspecified atom stereocenters. The molecule has 0 amide bonds. The summed E-state index contributed by atoms with van der Waals surface area (Å²) in [6, 6.07) is 9.50. The SMILES string of the molecule is NS(=O)(=O)c1ccc2oc(=O)n(Cc3ccc([N+](=O)[O-])cc3)c2c1. The topological polar surface area (TPSA) is 138 Å². The summed E-state index contributed by atoms with van der Waals surface area (Å²) < 4.78 is 29.2. The second-order valence-corrected chi connectivity index (χ2v) is 6.61. The van der Waals surface area contributed by atoms with E-state index in [0.29, 0.717) is 5.56 Å². The Balaban J connectivity index is 2.06. The van der Waals surface area contributed by atoms with Crippen LogP contribution >= 0.6 is 0 Å². The Morgan fingerprint density at radius 3 is 2.42 bits per heavy atom. The number of oxazole rings is 1. The van der Waals surface area contributed by atoms with Gasteiger partial charge in [0.05, 0.1) is 21.9 Å². The van der Waals surface area contributed by atoms with Crippen LogP contribution < -0.4 is 10.9 Å². The number of rotatable bonds is 4. The van der Waals surface area contributed by atoms with Crippen molar-refractivity contribution in [1.29, 1.82) is 0 Å². The normalized spacial score (nSPS) is 11.7. The molecule has 0 aliphatic heterocycles. The van der Waals surface area contributed by atoms with Crippen LogP contribution in [0.15, 0.2) is 56.6 Å². The van der Waals surface area contributed by atoms with Crippen LogP contribution in [-0.2, 0) is 16.6 Å². The van der Waals surface area contributed by atoms with Gasteiger partial charge in [-0.1, -0.05) is 12.1 Å². The number of fused-ring (bicyclic) bond motifs is 1. The first-order valence-corrected chi connectivity index (χ1v) is 8.20. The molecule has 9 nitrogen and oxygen atoms in total. The van der Waals surface area contributed by atoms with Crippen molar-refractivity contribution in [1.82, 2.24) is 4.57 Å². The zero-order valence-corrected chi connectivity index (χ0v) is 12.9. The third-order valence-corrected chi connectivity index (χ3v) is 4.37. The fraction of sp³-hybridized carbons (Fsp3) is 0.0714. The molecular weight excluding hydrogens is 338 g/mol. The summed E-state index contributed by atoms with van der Waals surface area (Å²) in [5.41, 5.74) is 1.03. The number of benzene rings is 2. The molecule has 124 valence electrons. The molecular formula is C14H11N3O6S. The molecule has 0 bridgehead atoms. The monoisotopic (exact) mass is 349 g/mol. The van der Waals surface area contributed by atoms with Gasteiger partial charge in [-0.05, 0) is 23.8 Å². The van der Waals surface area contributed by atoms with E-state index in [1.807, 2.05) is 0 Å². The van der Waals surface area contributed by atoms with Crippen LogP contribution in [0.3, 0.4) is 0 Å². The van der Waals surface area contributed by atoms with Crippen LogP contribution in [0.4, 0.5) is 5.69 Å². The van der Waals surface area contributed by atoms with Crippen LogP contribution in [0.2, 0.25) is 0 Å². The largest absolute Gasteiger partial charge is 0.420 e. The van der Waals surface area contributed by atoms with E-state index in [0.717, 1.165) is 0 Å². The molecule has 0 atom stereocenters. The van der Waals surface area contributed by atoms with Crippen molar-refractivity contribution in [2.45, 2.75) is 11.4 Å². The first-order valence-electron chi connectivity index (χ1n) is 6.65. The van der Waals surface area contributed by atoms with Gasteiger partial charge in [0.15, 0.2) is 5.58 Å². The maximum absolute atomic E-state index is 12.0. The van der Waals surface area contributed by atoms with E-state index in [2.05, 4.69) is 0 Å². The van der Waals surface area contributed by atoms with E-state index in [1.54, 1.807) is 0 Å². The van der Waals surface area contributed by atoms with E-state index in [9.17, 15) is 23.3 Å². The minimum atomic E-state index is -3.92. The van der Waals surface area contributed by atoms with Gasteiger partial charge in [-0.2, -0.15) is 0 Å². The molecule has 1 heterocycles.